The summed E-state index contributed by atoms with van der Waals surface area (Å²) in [7, 11) is 0. The van der Waals surface area contributed by atoms with E-state index in [9.17, 15) is 5.11 Å². The van der Waals surface area contributed by atoms with Gasteiger partial charge in [-0.1, -0.05) is 11.1 Å². The zero-order chi connectivity index (χ0) is 5.86. The Morgan fingerprint density at radius 3 is 1.62 bits per heavy atom. The highest BCUT2D eigenvalue weighted by atomic mass is 16.3. The summed E-state index contributed by atoms with van der Waals surface area (Å²) >= 11 is 0. The van der Waals surface area contributed by atoms with Crippen molar-refractivity contribution < 1.29 is 5.11 Å². The molecule has 0 aromatic rings. The molecule has 2 nitrogen and oxygen atoms in total. The van der Waals surface area contributed by atoms with E-state index >= 15 is 0 Å². The highest BCUT2D eigenvalue weighted by molar-refractivity contribution is 5.05. The predicted octanol–water partition coefficient (Wildman–Crippen LogP) is 1.08. The van der Waals surface area contributed by atoms with Gasteiger partial charge in [0.05, 0.1) is 0 Å². The monoisotopic (exact) mass is 117 g/mol. The number of quaternary nitrogens is 1. The number of hydrogen-bond acceptors (Lipinski definition) is 1. The lowest BCUT2D eigenvalue weighted by molar-refractivity contribution is -0.356. The van der Waals surface area contributed by atoms with Crippen LogP contribution in [0.25, 0.3) is 0 Å². The molecule has 0 aliphatic carbocycles. The van der Waals surface area contributed by atoms with Crippen LogP contribution in [0.4, 0.5) is 0 Å². The van der Waals surface area contributed by atoms with Gasteiger partial charge in [0.15, 0.2) is 0 Å². The number of allylic oxidation sites excluding steroid dienone is 1. The zero-order valence-corrected chi connectivity index (χ0v) is 6.12. The Labute approximate surface area is 50.8 Å². The van der Waals surface area contributed by atoms with Crippen molar-refractivity contribution in [3.63, 3.8) is 0 Å². The molecule has 0 aliphatic rings. The summed E-state index contributed by atoms with van der Waals surface area (Å²) < 4.78 is 0. The molecule has 50 valence electrons. The Bertz CT molecular complexity index is 82.5. The van der Waals surface area contributed by atoms with Crippen molar-refractivity contribution in [2.75, 3.05) is 6.61 Å². The van der Waals surface area contributed by atoms with Crippen molar-refractivity contribution in [1.29, 1.82) is 0 Å². The average Bonchev–Trinajstić information content (AvgIpc) is 1.65. The molecule has 0 aliphatic heterocycles. The van der Waals surface area contributed by atoms with E-state index in [2.05, 4.69) is 0 Å². The molecule has 4 N–H and O–H groups in total. The zero-order valence-electron chi connectivity index (χ0n) is 6.12. The summed E-state index contributed by atoms with van der Waals surface area (Å²) in [5.41, 5.74) is 2.11. The van der Waals surface area contributed by atoms with Gasteiger partial charge >= 0.3 is 0 Å². The quantitative estimate of drug-likeness (QED) is 0.513. The Morgan fingerprint density at radius 1 is 1.25 bits per heavy atom. The topological polar surface area (TPSA) is 59.6 Å². The van der Waals surface area contributed by atoms with Crippen LogP contribution in [0.1, 0.15) is 20.8 Å². The van der Waals surface area contributed by atoms with Gasteiger partial charge in [0.1, 0.15) is 0 Å². The molecule has 2 heteroatoms. The van der Waals surface area contributed by atoms with Gasteiger partial charge in [-0.15, -0.1) is 6.61 Å². The predicted molar refractivity (Wildman–Crippen MR) is 34.9 cm³/mol. The van der Waals surface area contributed by atoms with Crippen LogP contribution >= 0.6 is 0 Å². The lowest BCUT2D eigenvalue weighted by Gasteiger charge is -2.04. The minimum atomic E-state index is -0.0532. The first kappa shape index (κ1) is 10.6. The van der Waals surface area contributed by atoms with E-state index in [-0.39, 0.29) is 12.8 Å². The van der Waals surface area contributed by atoms with E-state index in [0.717, 1.165) is 11.1 Å². The van der Waals surface area contributed by atoms with Crippen LogP contribution in [0.15, 0.2) is 11.1 Å². The van der Waals surface area contributed by atoms with Crippen LogP contribution in [-0.4, -0.2) is 6.61 Å². The molecular weight excluding hydrogens is 102 g/mol. The largest absolute Gasteiger partial charge is 0.851 e. The van der Waals surface area contributed by atoms with Crippen molar-refractivity contribution in [3.05, 3.63) is 11.1 Å². The summed E-state index contributed by atoms with van der Waals surface area (Å²) in [6, 6.07) is 0. The first-order chi connectivity index (χ1) is 3.18. The normalized spacial score (nSPS) is 7.50. The van der Waals surface area contributed by atoms with E-state index < -0.39 is 0 Å². The third-order valence-electron chi connectivity index (χ3n) is 1.07. The molecule has 0 amide bonds. The fourth-order valence-corrected chi connectivity index (χ4v) is 0.144. The molecule has 0 aromatic carbocycles. The first-order valence-electron chi connectivity index (χ1n) is 2.39. The Morgan fingerprint density at radius 2 is 1.62 bits per heavy atom. The summed E-state index contributed by atoms with van der Waals surface area (Å²) in [5.74, 6) is 0. The molecule has 0 heterocycles. The van der Waals surface area contributed by atoms with Crippen LogP contribution in [0, 0.1) is 0 Å². The summed E-state index contributed by atoms with van der Waals surface area (Å²) in [6.45, 7) is 5.71. The van der Waals surface area contributed by atoms with Gasteiger partial charge in [-0.25, -0.2) is 0 Å². The minimum absolute atomic E-state index is 0. The molecule has 8 heavy (non-hydrogen) atoms. The molecule has 0 rings (SSSR count). The Balaban J connectivity index is 0. The van der Waals surface area contributed by atoms with E-state index in [0.29, 0.717) is 0 Å². The van der Waals surface area contributed by atoms with Gasteiger partial charge in [0.2, 0.25) is 0 Å². The molecule has 0 saturated carbocycles. The summed E-state index contributed by atoms with van der Waals surface area (Å²) in [6.07, 6.45) is 0. The molecule has 0 atom stereocenters. The third kappa shape index (κ3) is 3.84. The lowest BCUT2D eigenvalue weighted by atomic mass is 10.2. The average molecular weight is 117 g/mol. The maximum absolute atomic E-state index is 10.0. The smallest absolute Gasteiger partial charge is 0.0440 e. The van der Waals surface area contributed by atoms with Gasteiger partial charge < -0.3 is 11.3 Å². The van der Waals surface area contributed by atoms with Crippen LogP contribution in [0.5, 0.6) is 0 Å². The second-order valence-electron chi connectivity index (χ2n) is 1.92. The van der Waals surface area contributed by atoms with Crippen molar-refractivity contribution in [1.82, 2.24) is 6.15 Å². The fourth-order valence-electron chi connectivity index (χ4n) is 0.144. The van der Waals surface area contributed by atoms with Crippen molar-refractivity contribution >= 4 is 0 Å². The highest BCUT2D eigenvalue weighted by Gasteiger charge is 1.78. The molecular formula is C6H15NO. The standard InChI is InChI=1S/C6H11O.H3N/c1-5(2)6(3)4-7;/h4H2,1-3H3;1H3/q-1;/p+1. The Kier molecular flexibility index (Phi) is 6.38. The van der Waals surface area contributed by atoms with Crippen LogP contribution < -0.4 is 11.3 Å². The van der Waals surface area contributed by atoms with E-state index in [4.69, 9.17) is 0 Å². The van der Waals surface area contributed by atoms with Crippen LogP contribution in [-0.2, 0) is 0 Å². The van der Waals surface area contributed by atoms with Gasteiger partial charge in [-0.3, -0.25) is 0 Å². The molecule has 0 bridgehead atoms. The molecule has 0 aromatic heterocycles. The van der Waals surface area contributed by atoms with Crippen molar-refractivity contribution in [3.8, 4) is 0 Å². The summed E-state index contributed by atoms with van der Waals surface area (Å²) in [4.78, 5) is 0. The fraction of sp³-hybridized carbons (Fsp3) is 0.667. The molecule has 0 spiro atoms. The third-order valence-corrected chi connectivity index (χ3v) is 1.07. The van der Waals surface area contributed by atoms with Crippen LogP contribution in [0.2, 0.25) is 0 Å². The molecule has 0 saturated heterocycles. The van der Waals surface area contributed by atoms with Crippen LogP contribution in [0.3, 0.4) is 0 Å². The van der Waals surface area contributed by atoms with Gasteiger partial charge in [0.25, 0.3) is 0 Å². The van der Waals surface area contributed by atoms with Gasteiger partial charge in [-0.2, -0.15) is 0 Å². The van der Waals surface area contributed by atoms with Gasteiger partial charge in [-0.05, 0) is 20.8 Å². The molecule has 0 fully saturated rings. The second-order valence-corrected chi connectivity index (χ2v) is 1.92. The SMILES string of the molecule is CC(C)=C(C)C[O-].[NH4+]. The number of hydrogen-bond donors (Lipinski definition) is 1. The second kappa shape index (κ2) is 4.81. The minimum Gasteiger partial charge on any atom is -0.851 e. The maximum Gasteiger partial charge on any atom is -0.0440 e. The lowest BCUT2D eigenvalue weighted by Crippen LogP contribution is -2.06. The van der Waals surface area contributed by atoms with Gasteiger partial charge in [0, 0.05) is 0 Å². The molecule has 0 unspecified atom stereocenters. The summed E-state index contributed by atoms with van der Waals surface area (Å²) in [5, 5.41) is 10.0. The first-order valence-corrected chi connectivity index (χ1v) is 2.39. The van der Waals surface area contributed by atoms with Crippen molar-refractivity contribution in [2.24, 2.45) is 0 Å². The van der Waals surface area contributed by atoms with E-state index in [1.165, 1.54) is 0 Å². The van der Waals surface area contributed by atoms with Crippen molar-refractivity contribution in [2.45, 2.75) is 20.8 Å². The van der Waals surface area contributed by atoms with E-state index in [1.54, 1.807) is 0 Å². The highest BCUT2D eigenvalue weighted by Crippen LogP contribution is 1.96. The molecule has 0 radical (unpaired) electrons. The van der Waals surface area contributed by atoms with E-state index in [1.807, 2.05) is 20.8 Å². The Hall–Kier alpha value is -0.340. The maximum atomic E-state index is 10.0. The number of rotatable bonds is 1.